The highest BCUT2D eigenvalue weighted by Gasteiger charge is 2.26. The summed E-state index contributed by atoms with van der Waals surface area (Å²) in [5, 5.41) is 8.64. The lowest BCUT2D eigenvalue weighted by molar-refractivity contribution is 0.181. The molecule has 4 rings (SSSR count). The van der Waals surface area contributed by atoms with Crippen molar-refractivity contribution in [2.45, 2.75) is 19.1 Å². The maximum atomic E-state index is 5.20. The van der Waals surface area contributed by atoms with Crippen LogP contribution in [0, 0.1) is 0 Å². The molecule has 3 aromatic heterocycles. The molecule has 1 atom stereocenters. The van der Waals surface area contributed by atoms with Crippen LogP contribution >= 0.6 is 0 Å². The van der Waals surface area contributed by atoms with Gasteiger partial charge in [0.05, 0.1) is 18.3 Å². The fraction of sp³-hybridized carbons (Fsp3) is 0.429. The largest absolute Gasteiger partial charge is 0.378 e. The molecule has 0 spiro atoms. The van der Waals surface area contributed by atoms with Gasteiger partial charge in [0.1, 0.15) is 12.1 Å². The number of nitrogens with zero attached hydrogens (tertiary/aromatic N) is 7. The van der Waals surface area contributed by atoms with Gasteiger partial charge in [-0.05, 0) is 12.5 Å². The fourth-order valence-electron chi connectivity index (χ4n) is 2.95. The highest BCUT2D eigenvalue weighted by atomic mass is 16.5. The molecule has 1 unspecified atom stereocenters. The van der Waals surface area contributed by atoms with Gasteiger partial charge in [0, 0.05) is 38.7 Å². The van der Waals surface area contributed by atoms with E-state index in [-0.39, 0.29) is 0 Å². The Labute approximate surface area is 127 Å². The molecule has 1 saturated heterocycles. The smallest absolute Gasteiger partial charge is 0.254 e. The van der Waals surface area contributed by atoms with Gasteiger partial charge in [-0.1, -0.05) is 0 Å². The molecular weight excluding hydrogens is 282 g/mol. The molecule has 114 valence electrons. The summed E-state index contributed by atoms with van der Waals surface area (Å²) in [7, 11) is 1.67. The van der Waals surface area contributed by atoms with E-state index >= 15 is 0 Å². The Bertz CT molecular complexity index is 767. The number of fused-ring (bicyclic) bond motifs is 1. The van der Waals surface area contributed by atoms with Gasteiger partial charge >= 0.3 is 0 Å². The third-order valence-electron chi connectivity index (χ3n) is 3.96. The number of hydrogen-bond acceptors (Lipinski definition) is 6. The van der Waals surface area contributed by atoms with Crippen molar-refractivity contribution in [3.05, 3.63) is 36.5 Å². The summed E-state index contributed by atoms with van der Waals surface area (Å²) in [6, 6.07) is 4.37. The third-order valence-corrected chi connectivity index (χ3v) is 3.96. The van der Waals surface area contributed by atoms with Crippen molar-refractivity contribution in [1.82, 2.24) is 29.4 Å². The summed E-state index contributed by atoms with van der Waals surface area (Å²) in [5.41, 5.74) is 0.862. The molecule has 3 aromatic rings. The first-order chi connectivity index (χ1) is 10.8. The number of aromatic nitrogens is 6. The van der Waals surface area contributed by atoms with Crippen LogP contribution in [-0.2, 0) is 11.3 Å². The summed E-state index contributed by atoms with van der Waals surface area (Å²) < 4.78 is 9.00. The molecule has 22 heavy (non-hydrogen) atoms. The predicted octanol–water partition coefficient (Wildman–Crippen LogP) is 0.919. The minimum Gasteiger partial charge on any atom is -0.378 e. The Morgan fingerprint density at radius 1 is 1.36 bits per heavy atom. The molecule has 0 radical (unpaired) electrons. The molecule has 4 heterocycles. The average Bonchev–Trinajstić information content (AvgIpc) is 3.26. The predicted molar refractivity (Wildman–Crippen MR) is 79.6 cm³/mol. The van der Waals surface area contributed by atoms with Crippen LogP contribution < -0.4 is 4.90 Å². The Kier molecular flexibility index (Phi) is 3.23. The van der Waals surface area contributed by atoms with E-state index < -0.39 is 0 Å². The first-order valence-electron chi connectivity index (χ1n) is 7.28. The molecule has 0 N–H and O–H groups in total. The molecule has 8 heteroatoms. The standard InChI is InChI=1S/C14H17N7O/c1-22-9-11-7-13(21-14(18-11)15-10-17-21)19-6-3-12(8-19)20-5-2-4-16-20/h2,4-5,7,10,12H,3,6,8-9H2,1H3. The highest BCUT2D eigenvalue weighted by molar-refractivity contribution is 5.48. The maximum Gasteiger partial charge on any atom is 0.254 e. The quantitative estimate of drug-likeness (QED) is 0.713. The van der Waals surface area contributed by atoms with E-state index in [1.165, 1.54) is 6.33 Å². The van der Waals surface area contributed by atoms with Gasteiger partial charge in [-0.15, -0.1) is 0 Å². The lowest BCUT2D eigenvalue weighted by Gasteiger charge is -2.19. The van der Waals surface area contributed by atoms with Crippen LogP contribution in [0.1, 0.15) is 18.2 Å². The zero-order valence-electron chi connectivity index (χ0n) is 12.3. The second-order valence-electron chi connectivity index (χ2n) is 5.39. The molecule has 0 aromatic carbocycles. The van der Waals surface area contributed by atoms with E-state index in [9.17, 15) is 0 Å². The Morgan fingerprint density at radius 3 is 3.14 bits per heavy atom. The lowest BCUT2D eigenvalue weighted by atomic mass is 10.3. The Balaban J connectivity index is 1.67. The van der Waals surface area contributed by atoms with Gasteiger partial charge in [-0.25, -0.2) is 4.98 Å². The van der Waals surface area contributed by atoms with Crippen LogP contribution in [0.5, 0.6) is 0 Å². The van der Waals surface area contributed by atoms with E-state index in [4.69, 9.17) is 4.74 Å². The van der Waals surface area contributed by atoms with Gasteiger partial charge < -0.3 is 9.64 Å². The molecular formula is C14H17N7O. The van der Waals surface area contributed by atoms with E-state index in [0.29, 0.717) is 18.4 Å². The summed E-state index contributed by atoms with van der Waals surface area (Å²) >= 11 is 0. The van der Waals surface area contributed by atoms with Crippen molar-refractivity contribution in [2.24, 2.45) is 0 Å². The van der Waals surface area contributed by atoms with Crippen molar-refractivity contribution < 1.29 is 4.74 Å². The maximum absolute atomic E-state index is 5.20. The molecule has 1 fully saturated rings. The zero-order chi connectivity index (χ0) is 14.9. The van der Waals surface area contributed by atoms with E-state index in [2.05, 4.69) is 25.1 Å². The fourth-order valence-corrected chi connectivity index (χ4v) is 2.95. The second-order valence-corrected chi connectivity index (χ2v) is 5.39. The molecule has 0 bridgehead atoms. The first kappa shape index (κ1) is 13.2. The molecule has 0 aliphatic carbocycles. The van der Waals surface area contributed by atoms with Crippen LogP contribution in [-0.4, -0.2) is 49.6 Å². The summed E-state index contributed by atoms with van der Waals surface area (Å²) in [6.07, 6.45) is 6.42. The minimum absolute atomic E-state index is 0.382. The monoisotopic (exact) mass is 299 g/mol. The van der Waals surface area contributed by atoms with Crippen LogP contribution in [0.2, 0.25) is 0 Å². The van der Waals surface area contributed by atoms with Crippen molar-refractivity contribution in [2.75, 3.05) is 25.1 Å². The minimum atomic E-state index is 0.382. The molecule has 8 nitrogen and oxygen atoms in total. The van der Waals surface area contributed by atoms with Crippen LogP contribution in [0.3, 0.4) is 0 Å². The molecule has 1 aliphatic heterocycles. The van der Waals surface area contributed by atoms with Gasteiger partial charge in [0.2, 0.25) is 0 Å². The van der Waals surface area contributed by atoms with Crippen LogP contribution in [0.25, 0.3) is 5.78 Å². The number of rotatable bonds is 4. The first-order valence-corrected chi connectivity index (χ1v) is 7.28. The van der Waals surface area contributed by atoms with E-state index in [1.807, 2.05) is 29.2 Å². The Morgan fingerprint density at radius 2 is 2.32 bits per heavy atom. The van der Waals surface area contributed by atoms with E-state index in [0.717, 1.165) is 31.0 Å². The van der Waals surface area contributed by atoms with E-state index in [1.54, 1.807) is 11.6 Å². The topological polar surface area (TPSA) is 73.4 Å². The molecule has 0 saturated carbocycles. The second kappa shape index (κ2) is 5.38. The Hall–Kier alpha value is -2.48. The lowest BCUT2D eigenvalue weighted by Crippen LogP contribution is -2.24. The SMILES string of the molecule is COCc1cc(N2CCC(n3cccn3)C2)n2ncnc2n1. The molecule has 0 amide bonds. The normalized spacial score (nSPS) is 18.4. The van der Waals surface area contributed by atoms with Crippen LogP contribution in [0.15, 0.2) is 30.9 Å². The number of methoxy groups -OCH3 is 1. The number of hydrogen-bond donors (Lipinski definition) is 0. The van der Waals surface area contributed by atoms with Crippen LogP contribution in [0.4, 0.5) is 5.82 Å². The van der Waals surface area contributed by atoms with Gasteiger partial charge in [-0.3, -0.25) is 4.68 Å². The van der Waals surface area contributed by atoms with Gasteiger partial charge in [0.15, 0.2) is 0 Å². The number of ether oxygens (including phenoxy) is 1. The summed E-state index contributed by atoms with van der Waals surface area (Å²) in [6.45, 7) is 2.32. The summed E-state index contributed by atoms with van der Waals surface area (Å²) in [5.74, 6) is 1.61. The van der Waals surface area contributed by atoms with Crippen molar-refractivity contribution >= 4 is 11.6 Å². The van der Waals surface area contributed by atoms with Crippen molar-refractivity contribution in [3.63, 3.8) is 0 Å². The zero-order valence-corrected chi connectivity index (χ0v) is 12.3. The molecule has 1 aliphatic rings. The third kappa shape index (κ3) is 2.21. The average molecular weight is 299 g/mol. The van der Waals surface area contributed by atoms with Gasteiger partial charge in [-0.2, -0.15) is 19.7 Å². The number of anilines is 1. The van der Waals surface area contributed by atoms with Crippen molar-refractivity contribution in [3.8, 4) is 0 Å². The highest BCUT2D eigenvalue weighted by Crippen LogP contribution is 2.26. The van der Waals surface area contributed by atoms with Gasteiger partial charge in [0.25, 0.3) is 5.78 Å². The van der Waals surface area contributed by atoms with Crippen molar-refractivity contribution in [1.29, 1.82) is 0 Å². The summed E-state index contributed by atoms with van der Waals surface area (Å²) in [4.78, 5) is 11.0.